The maximum atomic E-state index is 12.7. The Morgan fingerprint density at radius 1 is 1.07 bits per heavy atom. The van der Waals surface area contributed by atoms with E-state index in [0.717, 1.165) is 29.7 Å². The van der Waals surface area contributed by atoms with Gasteiger partial charge in [0.25, 0.3) is 0 Å². The van der Waals surface area contributed by atoms with Gasteiger partial charge in [0.1, 0.15) is 6.54 Å². The number of likely N-dealkylation sites (tertiary alicyclic amines) is 1. The van der Waals surface area contributed by atoms with Crippen molar-refractivity contribution in [3.05, 3.63) is 64.7 Å². The Balaban J connectivity index is 1.46. The minimum Gasteiger partial charge on any atom is -0.326 e. The van der Waals surface area contributed by atoms with Gasteiger partial charge in [-0.1, -0.05) is 61.2 Å². The number of carbonyl (C=O) groups is 2. The number of halogens is 1. The van der Waals surface area contributed by atoms with E-state index in [1.165, 1.54) is 19.3 Å². The third-order valence-electron chi connectivity index (χ3n) is 5.90. The number of carbonyl (C=O) groups excluding carboxylic acids is 2. The van der Waals surface area contributed by atoms with Gasteiger partial charge in [-0.2, -0.15) is 0 Å². The number of nitrogens with zero attached hydrogens (tertiary/aromatic N) is 1. The SMILES string of the molecule is O=C(CN1C(=O)CC1c1ccccc1)Nc1ccc(Cl)cc1C1CCCCC1. The summed E-state index contributed by atoms with van der Waals surface area (Å²) < 4.78 is 0. The number of hydrogen-bond acceptors (Lipinski definition) is 2. The number of β-lactam (4-membered cyclic amide) rings is 1. The second kappa shape index (κ2) is 8.36. The monoisotopic (exact) mass is 396 g/mol. The molecule has 2 aliphatic rings. The molecule has 1 heterocycles. The molecule has 0 bridgehead atoms. The zero-order chi connectivity index (χ0) is 19.5. The van der Waals surface area contributed by atoms with Crippen molar-refractivity contribution in [3.63, 3.8) is 0 Å². The van der Waals surface area contributed by atoms with E-state index in [-0.39, 0.29) is 24.4 Å². The smallest absolute Gasteiger partial charge is 0.244 e. The summed E-state index contributed by atoms with van der Waals surface area (Å²) in [5.41, 5.74) is 3.02. The van der Waals surface area contributed by atoms with Crippen LogP contribution in [0.4, 0.5) is 5.69 Å². The molecule has 4 nitrogen and oxygen atoms in total. The molecule has 1 aliphatic carbocycles. The molecule has 1 aliphatic heterocycles. The van der Waals surface area contributed by atoms with Gasteiger partial charge in [-0.25, -0.2) is 0 Å². The Morgan fingerprint density at radius 3 is 2.54 bits per heavy atom. The van der Waals surface area contributed by atoms with Gasteiger partial charge in [0.15, 0.2) is 0 Å². The van der Waals surface area contributed by atoms with E-state index in [1.807, 2.05) is 48.5 Å². The van der Waals surface area contributed by atoms with Gasteiger partial charge < -0.3 is 10.2 Å². The van der Waals surface area contributed by atoms with Gasteiger partial charge in [0, 0.05) is 10.7 Å². The number of amides is 2. The minimum absolute atomic E-state index is 0.0116. The number of nitrogens with one attached hydrogen (secondary N) is 1. The molecule has 0 radical (unpaired) electrons. The molecule has 146 valence electrons. The summed E-state index contributed by atoms with van der Waals surface area (Å²) >= 11 is 6.23. The van der Waals surface area contributed by atoms with Crippen LogP contribution in [0.2, 0.25) is 5.02 Å². The molecule has 1 saturated heterocycles. The lowest BCUT2D eigenvalue weighted by atomic mass is 9.83. The van der Waals surface area contributed by atoms with Crippen molar-refractivity contribution in [1.29, 1.82) is 0 Å². The van der Waals surface area contributed by atoms with E-state index in [0.29, 0.717) is 17.4 Å². The molecule has 1 atom stereocenters. The molecule has 28 heavy (non-hydrogen) atoms. The van der Waals surface area contributed by atoms with Gasteiger partial charge in [-0.3, -0.25) is 9.59 Å². The second-order valence-corrected chi connectivity index (χ2v) is 8.20. The quantitative estimate of drug-likeness (QED) is 0.697. The van der Waals surface area contributed by atoms with Crippen LogP contribution >= 0.6 is 11.6 Å². The molecular weight excluding hydrogens is 372 g/mol. The molecule has 2 aromatic rings. The first-order chi connectivity index (χ1) is 13.6. The maximum absolute atomic E-state index is 12.7. The fraction of sp³-hybridized carbons (Fsp3) is 0.391. The van der Waals surface area contributed by atoms with Gasteiger partial charge in [-0.15, -0.1) is 0 Å². The highest BCUT2D eigenvalue weighted by molar-refractivity contribution is 6.30. The molecule has 2 aromatic carbocycles. The van der Waals surface area contributed by atoms with Crippen molar-refractivity contribution in [2.75, 3.05) is 11.9 Å². The van der Waals surface area contributed by atoms with Crippen LogP contribution in [-0.4, -0.2) is 23.3 Å². The standard InChI is InChI=1S/C23H25ClN2O2/c24-18-11-12-20(19(13-18)16-7-3-1-4-8-16)25-22(27)15-26-21(14-23(26)28)17-9-5-2-6-10-17/h2,5-6,9-13,16,21H,1,3-4,7-8,14-15H2,(H,25,27). The van der Waals surface area contributed by atoms with E-state index < -0.39 is 0 Å². The summed E-state index contributed by atoms with van der Waals surface area (Å²) in [6, 6.07) is 15.5. The maximum Gasteiger partial charge on any atom is 0.244 e. The van der Waals surface area contributed by atoms with Gasteiger partial charge >= 0.3 is 0 Å². The first-order valence-corrected chi connectivity index (χ1v) is 10.4. The number of rotatable bonds is 5. The van der Waals surface area contributed by atoms with Gasteiger partial charge in [-0.05, 0) is 48.1 Å². The van der Waals surface area contributed by atoms with Crippen molar-refractivity contribution in [3.8, 4) is 0 Å². The first kappa shape index (κ1) is 19.0. The van der Waals surface area contributed by atoms with E-state index in [2.05, 4.69) is 5.32 Å². The molecule has 1 N–H and O–H groups in total. The van der Waals surface area contributed by atoms with E-state index >= 15 is 0 Å². The summed E-state index contributed by atoms with van der Waals surface area (Å²) in [6.07, 6.45) is 6.42. The fourth-order valence-corrected chi connectivity index (χ4v) is 4.55. The first-order valence-electron chi connectivity index (χ1n) is 10.1. The highest BCUT2D eigenvalue weighted by Crippen LogP contribution is 2.38. The van der Waals surface area contributed by atoms with E-state index in [4.69, 9.17) is 11.6 Å². The van der Waals surface area contributed by atoms with Crippen LogP contribution in [0.5, 0.6) is 0 Å². The Kier molecular flexibility index (Phi) is 5.67. The molecule has 4 rings (SSSR count). The summed E-state index contributed by atoms with van der Waals surface area (Å²) in [4.78, 5) is 26.5. The highest BCUT2D eigenvalue weighted by atomic mass is 35.5. The number of hydrogen-bond donors (Lipinski definition) is 1. The third kappa shape index (κ3) is 4.07. The molecule has 2 amide bonds. The Morgan fingerprint density at radius 2 is 1.82 bits per heavy atom. The minimum atomic E-state index is -0.159. The average Bonchev–Trinajstić information content (AvgIpc) is 2.73. The summed E-state index contributed by atoms with van der Waals surface area (Å²) in [6.45, 7) is 0.0745. The van der Waals surface area contributed by atoms with Crippen molar-refractivity contribution < 1.29 is 9.59 Å². The van der Waals surface area contributed by atoms with Crippen LogP contribution in [0, 0.1) is 0 Å². The molecule has 2 fully saturated rings. The van der Waals surface area contributed by atoms with Crippen LogP contribution in [0.3, 0.4) is 0 Å². The van der Waals surface area contributed by atoms with Crippen LogP contribution < -0.4 is 5.32 Å². The van der Waals surface area contributed by atoms with Crippen LogP contribution in [0.25, 0.3) is 0 Å². The molecule has 5 heteroatoms. The largest absolute Gasteiger partial charge is 0.326 e. The Hall–Kier alpha value is -2.33. The van der Waals surface area contributed by atoms with E-state index in [9.17, 15) is 9.59 Å². The van der Waals surface area contributed by atoms with Gasteiger partial charge in [0.2, 0.25) is 11.8 Å². The predicted molar refractivity (Wildman–Crippen MR) is 111 cm³/mol. The lowest BCUT2D eigenvalue weighted by Crippen LogP contribution is -2.49. The lowest BCUT2D eigenvalue weighted by molar-refractivity contribution is -0.149. The number of benzene rings is 2. The topological polar surface area (TPSA) is 49.4 Å². The molecule has 0 spiro atoms. The molecule has 1 unspecified atom stereocenters. The van der Waals surface area contributed by atoms with Crippen molar-refractivity contribution >= 4 is 29.1 Å². The van der Waals surface area contributed by atoms with Crippen LogP contribution in [0.15, 0.2) is 48.5 Å². The van der Waals surface area contributed by atoms with Crippen LogP contribution in [0.1, 0.15) is 61.6 Å². The molecule has 0 aromatic heterocycles. The lowest BCUT2D eigenvalue weighted by Gasteiger charge is -2.40. The zero-order valence-corrected chi connectivity index (χ0v) is 16.6. The summed E-state index contributed by atoms with van der Waals surface area (Å²) in [5.74, 6) is 0.298. The second-order valence-electron chi connectivity index (χ2n) is 7.77. The van der Waals surface area contributed by atoms with Gasteiger partial charge in [0.05, 0.1) is 12.5 Å². The third-order valence-corrected chi connectivity index (χ3v) is 6.13. The van der Waals surface area contributed by atoms with Crippen LogP contribution in [-0.2, 0) is 9.59 Å². The zero-order valence-electron chi connectivity index (χ0n) is 15.9. The van der Waals surface area contributed by atoms with Crippen molar-refractivity contribution in [1.82, 2.24) is 4.90 Å². The van der Waals surface area contributed by atoms with Crippen molar-refractivity contribution in [2.45, 2.75) is 50.5 Å². The van der Waals surface area contributed by atoms with Crippen molar-refractivity contribution in [2.24, 2.45) is 0 Å². The fourth-order valence-electron chi connectivity index (χ4n) is 4.37. The summed E-state index contributed by atoms with van der Waals surface area (Å²) in [7, 11) is 0. The molecule has 1 saturated carbocycles. The Labute approximate surface area is 170 Å². The predicted octanol–water partition coefficient (Wildman–Crippen LogP) is 5.30. The summed E-state index contributed by atoms with van der Waals surface area (Å²) in [5, 5.41) is 3.73. The normalized spacial score (nSPS) is 20.0. The van der Waals surface area contributed by atoms with E-state index in [1.54, 1.807) is 4.90 Å². The average molecular weight is 397 g/mol. The number of anilines is 1. The molecular formula is C23H25ClN2O2. The highest BCUT2D eigenvalue weighted by Gasteiger charge is 2.38. The Bertz CT molecular complexity index is 862.